The van der Waals surface area contributed by atoms with Crippen molar-refractivity contribution in [2.45, 2.75) is 4.90 Å². The molecule has 0 saturated heterocycles. The lowest BCUT2D eigenvalue weighted by Gasteiger charge is -2.12. The number of halogens is 1. The van der Waals surface area contributed by atoms with Crippen molar-refractivity contribution in [2.24, 2.45) is 7.05 Å². The van der Waals surface area contributed by atoms with Gasteiger partial charge in [-0.1, -0.05) is 6.07 Å². The zero-order valence-corrected chi connectivity index (χ0v) is 22.9. The molecule has 12 heteroatoms. The molecule has 0 radical (unpaired) electrons. The van der Waals surface area contributed by atoms with Gasteiger partial charge in [-0.2, -0.15) is 0 Å². The molecule has 212 valence electrons. The Morgan fingerprint density at radius 3 is 2.50 bits per heavy atom. The quantitative estimate of drug-likeness (QED) is 0.0882. The molecule has 0 spiro atoms. The van der Waals surface area contributed by atoms with E-state index in [0.717, 1.165) is 27.8 Å². The van der Waals surface area contributed by atoms with Gasteiger partial charge in [0.2, 0.25) is 5.88 Å². The van der Waals surface area contributed by atoms with Crippen LogP contribution in [0.1, 0.15) is 0 Å². The molecule has 2 heterocycles. The number of H-pyrrole nitrogens is 2. The van der Waals surface area contributed by atoms with Gasteiger partial charge < -0.3 is 34.5 Å². The Bertz CT molecular complexity index is 1550. The van der Waals surface area contributed by atoms with Crippen LogP contribution in [0.2, 0.25) is 0 Å². The summed E-state index contributed by atoms with van der Waals surface area (Å²) in [6.45, 7) is 2.06. The molecule has 2 aromatic carbocycles. The molecule has 0 bridgehead atoms. The fraction of sp³-hybridized carbons (Fsp3) is 0.286. The van der Waals surface area contributed by atoms with E-state index in [0.29, 0.717) is 60.9 Å². The third-order valence-corrected chi connectivity index (χ3v) is 7.32. The van der Waals surface area contributed by atoms with Crippen molar-refractivity contribution in [2.75, 3.05) is 51.2 Å². The molecule has 10 nitrogen and oxygen atoms in total. The molecule has 1 aliphatic heterocycles. The number of methoxy groups -OCH3 is 1. The zero-order valence-electron chi connectivity index (χ0n) is 22.1. The smallest absolute Gasteiger partial charge is 0.207 e. The van der Waals surface area contributed by atoms with E-state index in [-0.39, 0.29) is 17.6 Å². The highest BCUT2D eigenvalue weighted by molar-refractivity contribution is 7.99. The summed E-state index contributed by atoms with van der Waals surface area (Å²) in [6.07, 6.45) is 0. The number of benzene rings is 2. The summed E-state index contributed by atoms with van der Waals surface area (Å²) in [4.78, 5) is 0.614. The Balaban J connectivity index is 1.07. The predicted molar refractivity (Wildman–Crippen MR) is 152 cm³/mol. The van der Waals surface area contributed by atoms with Crippen molar-refractivity contribution < 1.29 is 33.6 Å². The summed E-state index contributed by atoms with van der Waals surface area (Å²) in [7, 11) is 3.19. The maximum atomic E-state index is 13.6. The normalized spacial score (nSPS) is 11.5. The van der Waals surface area contributed by atoms with Crippen LogP contribution in [0, 0.1) is 5.82 Å². The number of nitrogens with one attached hydrogen (secondary N) is 3. The van der Waals surface area contributed by atoms with Crippen molar-refractivity contribution >= 4 is 34.0 Å². The van der Waals surface area contributed by atoms with E-state index in [9.17, 15) is 14.6 Å². The highest BCUT2D eigenvalue weighted by atomic mass is 32.2. The number of rotatable bonds is 14. The lowest BCUT2D eigenvalue weighted by Crippen LogP contribution is -2.12. The second-order valence-corrected chi connectivity index (χ2v) is 10.1. The van der Waals surface area contributed by atoms with Crippen LogP contribution in [-0.4, -0.2) is 70.9 Å². The number of hydrogen-bond acceptors (Lipinski definition) is 8. The van der Waals surface area contributed by atoms with Gasteiger partial charge in [0.25, 0.3) is 0 Å². The summed E-state index contributed by atoms with van der Waals surface area (Å²) in [5.41, 5.74) is 2.47. The fourth-order valence-corrected chi connectivity index (χ4v) is 5.17. The topological polar surface area (TPSA) is 126 Å². The molecule has 2 aliphatic rings. The second-order valence-electron chi connectivity index (χ2n) is 8.95. The molecule has 0 unspecified atom stereocenters. The molecule has 0 saturated carbocycles. The molecule has 0 amide bonds. The maximum Gasteiger partial charge on any atom is 0.207 e. The lowest BCUT2D eigenvalue weighted by atomic mass is 10.2. The van der Waals surface area contributed by atoms with Gasteiger partial charge in [0.05, 0.1) is 44.1 Å². The Morgan fingerprint density at radius 2 is 1.75 bits per heavy atom. The number of nitrogens with zero attached hydrogens (tertiary/aromatic N) is 1. The van der Waals surface area contributed by atoms with Crippen molar-refractivity contribution in [1.82, 2.24) is 14.8 Å². The second kappa shape index (κ2) is 12.5. The summed E-state index contributed by atoms with van der Waals surface area (Å²) in [6, 6.07) is 13.7. The minimum absolute atomic E-state index is 0.0176. The zero-order chi connectivity index (χ0) is 28.1. The molecular weight excluding hydrogens is 539 g/mol. The van der Waals surface area contributed by atoms with Gasteiger partial charge in [0.15, 0.2) is 17.4 Å². The predicted octanol–water partition coefficient (Wildman–Crippen LogP) is 5.45. The van der Waals surface area contributed by atoms with E-state index in [4.69, 9.17) is 18.9 Å². The van der Waals surface area contributed by atoms with Crippen LogP contribution in [0.3, 0.4) is 0 Å². The number of aromatic nitrogens is 3. The first-order valence-corrected chi connectivity index (χ1v) is 13.6. The summed E-state index contributed by atoms with van der Waals surface area (Å²) in [5.74, 6) is 2.33. The summed E-state index contributed by atoms with van der Waals surface area (Å²) in [5, 5.41) is 31.0. The van der Waals surface area contributed by atoms with Crippen LogP contribution in [-0.2, 0) is 16.5 Å². The summed E-state index contributed by atoms with van der Waals surface area (Å²) >= 11 is 1.41. The standard InChI is InChI=1S/C28H31FN4O6S/c1-33-25(34)16-24(28(33)35)40-11-10-38-7-6-37-8-9-39-23-15-20-17(13-22(23)36-2)12-21-26(20)31-32-27(21)30-19-5-3-4-18(29)14-19/h3-5,12-16,30-32,34-35H,6-11H2,1-2H3. The molecule has 40 heavy (non-hydrogen) atoms. The molecule has 0 fully saturated rings. The average Bonchev–Trinajstić information content (AvgIpc) is 3.58. The van der Waals surface area contributed by atoms with E-state index in [1.807, 2.05) is 18.2 Å². The van der Waals surface area contributed by atoms with E-state index in [2.05, 4.69) is 15.5 Å². The van der Waals surface area contributed by atoms with Gasteiger partial charge in [0.1, 0.15) is 18.2 Å². The number of fused-ring (bicyclic) bond motifs is 3. The average molecular weight is 571 g/mol. The van der Waals surface area contributed by atoms with Crippen LogP contribution in [0.25, 0.3) is 22.0 Å². The Hall–Kier alpha value is -4.00. The van der Waals surface area contributed by atoms with Crippen molar-refractivity contribution in [3.05, 3.63) is 54.3 Å². The highest BCUT2D eigenvalue weighted by Gasteiger charge is 2.20. The van der Waals surface area contributed by atoms with Gasteiger partial charge in [-0.15, -0.1) is 11.8 Å². The lowest BCUT2D eigenvalue weighted by molar-refractivity contribution is 0.0409. The fourth-order valence-electron chi connectivity index (χ4n) is 4.29. The van der Waals surface area contributed by atoms with Crippen LogP contribution < -0.4 is 14.8 Å². The largest absolute Gasteiger partial charge is 0.494 e. The number of aromatic amines is 2. The maximum absolute atomic E-state index is 13.6. The Labute approximate surface area is 234 Å². The van der Waals surface area contributed by atoms with Crippen molar-refractivity contribution in [1.29, 1.82) is 0 Å². The minimum Gasteiger partial charge on any atom is -0.494 e. The van der Waals surface area contributed by atoms with Crippen LogP contribution in [0.5, 0.6) is 23.3 Å². The molecule has 1 aromatic heterocycles. The minimum atomic E-state index is -0.310. The van der Waals surface area contributed by atoms with Crippen LogP contribution >= 0.6 is 11.8 Å². The van der Waals surface area contributed by atoms with Gasteiger partial charge in [-0.3, -0.25) is 14.8 Å². The van der Waals surface area contributed by atoms with Gasteiger partial charge in [0, 0.05) is 35.5 Å². The third kappa shape index (κ3) is 6.09. The highest BCUT2D eigenvalue weighted by Crippen LogP contribution is 2.43. The monoisotopic (exact) mass is 570 g/mol. The first kappa shape index (κ1) is 27.6. The molecule has 5 N–H and O–H groups in total. The van der Waals surface area contributed by atoms with Gasteiger partial charge in [-0.05, 0) is 41.8 Å². The number of hydrogen-bond donors (Lipinski definition) is 5. The van der Waals surface area contributed by atoms with Crippen LogP contribution in [0.15, 0.2) is 53.4 Å². The van der Waals surface area contributed by atoms with Crippen molar-refractivity contribution in [3.8, 4) is 34.5 Å². The number of anilines is 2. The van der Waals surface area contributed by atoms with Crippen molar-refractivity contribution in [3.63, 3.8) is 0 Å². The first-order valence-electron chi connectivity index (χ1n) is 12.7. The molecule has 3 aromatic rings. The Morgan fingerprint density at radius 1 is 0.950 bits per heavy atom. The van der Waals surface area contributed by atoms with Gasteiger partial charge in [-0.25, -0.2) is 4.39 Å². The molecular formula is C28H31FN4O6S. The van der Waals surface area contributed by atoms with E-state index >= 15 is 0 Å². The van der Waals surface area contributed by atoms with E-state index in [1.165, 1.54) is 34.5 Å². The number of ether oxygens (including phenoxy) is 4. The number of thioether (sulfide) groups is 1. The SMILES string of the molecule is COc1cc2cc3c(Nc4cccc(F)c4)[nH][nH]c-3c2cc1OCCOCCOCCSc1cc(O)n(C)c1O. The van der Waals surface area contributed by atoms with E-state index in [1.54, 1.807) is 26.3 Å². The van der Waals surface area contributed by atoms with Gasteiger partial charge >= 0.3 is 0 Å². The number of aromatic hydroxyl groups is 2. The van der Waals surface area contributed by atoms with E-state index < -0.39 is 0 Å². The third-order valence-electron chi connectivity index (χ3n) is 6.33. The van der Waals surface area contributed by atoms with Crippen LogP contribution in [0.4, 0.5) is 15.9 Å². The first-order chi connectivity index (χ1) is 19.4. The Kier molecular flexibility index (Phi) is 8.58. The summed E-state index contributed by atoms with van der Waals surface area (Å²) < 4.78 is 37.6. The molecule has 5 rings (SSSR count). The molecule has 1 aliphatic carbocycles. The molecule has 0 atom stereocenters.